The molecule has 0 fully saturated rings. The van der Waals surface area contributed by atoms with Crippen molar-refractivity contribution in [2.45, 2.75) is 52.5 Å². The summed E-state index contributed by atoms with van der Waals surface area (Å²) in [6.45, 7) is 7.84. The number of nitrogens with zero attached hydrogens (tertiary/aromatic N) is 2. The molecule has 0 aliphatic rings. The Morgan fingerprint density at radius 2 is 1.71 bits per heavy atom. The van der Waals surface area contributed by atoms with Crippen molar-refractivity contribution >= 4 is 17.9 Å². The molecule has 0 aromatic heterocycles. The third-order valence-electron chi connectivity index (χ3n) is 2.99. The van der Waals surface area contributed by atoms with Crippen LogP contribution < -0.4 is 5.73 Å². The van der Waals surface area contributed by atoms with Crippen LogP contribution in [-0.4, -0.2) is 58.0 Å². The van der Waals surface area contributed by atoms with Crippen LogP contribution in [0.25, 0.3) is 0 Å². The summed E-state index contributed by atoms with van der Waals surface area (Å²) >= 11 is 0. The fourth-order valence-electron chi connectivity index (χ4n) is 1.88. The highest BCUT2D eigenvalue weighted by atomic mass is 16.4. The van der Waals surface area contributed by atoms with Gasteiger partial charge in [0.2, 0.25) is 5.91 Å². The largest absolute Gasteiger partial charge is 0.481 e. The molecule has 0 aliphatic carbocycles. The maximum atomic E-state index is 12.6. The number of rotatable bonds is 8. The number of hydrogen-bond acceptors (Lipinski definition) is 3. The monoisotopic (exact) mass is 301 g/mol. The van der Waals surface area contributed by atoms with Crippen LogP contribution in [0.15, 0.2) is 0 Å². The van der Waals surface area contributed by atoms with Crippen LogP contribution in [-0.2, 0) is 9.59 Å². The van der Waals surface area contributed by atoms with Gasteiger partial charge in [0, 0.05) is 18.6 Å². The first-order valence-corrected chi connectivity index (χ1v) is 7.16. The van der Waals surface area contributed by atoms with E-state index in [-0.39, 0.29) is 25.5 Å². The third kappa shape index (κ3) is 7.53. The van der Waals surface area contributed by atoms with Crippen LogP contribution in [0.5, 0.6) is 0 Å². The highest BCUT2D eigenvalue weighted by Gasteiger charge is 2.30. The molecule has 0 saturated carbocycles. The Bertz CT molecular complexity index is 377. The molecule has 0 aromatic carbocycles. The lowest BCUT2D eigenvalue weighted by Gasteiger charge is -2.39. The quantitative estimate of drug-likeness (QED) is 0.704. The summed E-state index contributed by atoms with van der Waals surface area (Å²) in [5, 5.41) is 8.81. The fourth-order valence-corrected chi connectivity index (χ4v) is 1.88. The number of primary amides is 1. The van der Waals surface area contributed by atoms with E-state index in [4.69, 9.17) is 10.8 Å². The molecule has 0 heterocycles. The van der Waals surface area contributed by atoms with Gasteiger partial charge < -0.3 is 20.6 Å². The van der Waals surface area contributed by atoms with Crippen molar-refractivity contribution in [3.05, 3.63) is 0 Å². The number of carbonyl (C=O) groups excluding carboxylic acids is 2. The maximum absolute atomic E-state index is 12.6. The molecule has 7 nitrogen and oxygen atoms in total. The zero-order valence-electron chi connectivity index (χ0n) is 13.4. The van der Waals surface area contributed by atoms with E-state index in [0.29, 0.717) is 6.54 Å². The van der Waals surface area contributed by atoms with Crippen LogP contribution in [0.4, 0.5) is 4.79 Å². The summed E-state index contributed by atoms with van der Waals surface area (Å²) in [4.78, 5) is 37.3. The summed E-state index contributed by atoms with van der Waals surface area (Å²) in [7, 11) is 0. The van der Waals surface area contributed by atoms with Crippen molar-refractivity contribution < 1.29 is 19.5 Å². The second-order valence-electron chi connectivity index (χ2n) is 5.99. The van der Waals surface area contributed by atoms with Crippen molar-refractivity contribution in [1.29, 1.82) is 0 Å². The summed E-state index contributed by atoms with van der Waals surface area (Å²) in [6.07, 6.45) is 1.50. The highest BCUT2D eigenvalue weighted by molar-refractivity contribution is 5.83. The van der Waals surface area contributed by atoms with Gasteiger partial charge in [-0.1, -0.05) is 13.3 Å². The lowest BCUT2D eigenvalue weighted by atomic mass is 10.1. The van der Waals surface area contributed by atoms with Gasteiger partial charge in [0.1, 0.15) is 6.54 Å². The van der Waals surface area contributed by atoms with E-state index in [1.165, 1.54) is 9.80 Å². The predicted octanol–water partition coefficient (Wildman–Crippen LogP) is 1.27. The smallest absolute Gasteiger partial charge is 0.320 e. The first-order chi connectivity index (χ1) is 9.59. The number of carboxylic acids is 1. The summed E-state index contributed by atoms with van der Waals surface area (Å²) in [5.41, 5.74) is 4.66. The molecule has 0 aliphatic heterocycles. The van der Waals surface area contributed by atoms with Crippen molar-refractivity contribution in [3.8, 4) is 0 Å². The predicted molar refractivity (Wildman–Crippen MR) is 79.8 cm³/mol. The van der Waals surface area contributed by atoms with Gasteiger partial charge in [0.05, 0.1) is 6.42 Å². The number of unbranched alkanes of at least 4 members (excludes halogenated alkanes) is 1. The van der Waals surface area contributed by atoms with Gasteiger partial charge in [-0.05, 0) is 27.2 Å². The van der Waals surface area contributed by atoms with Crippen molar-refractivity contribution in [1.82, 2.24) is 9.80 Å². The minimum atomic E-state index is -0.966. The maximum Gasteiger partial charge on any atom is 0.320 e. The van der Waals surface area contributed by atoms with Crippen LogP contribution in [0.2, 0.25) is 0 Å². The van der Waals surface area contributed by atoms with Crippen LogP contribution in [0.3, 0.4) is 0 Å². The minimum Gasteiger partial charge on any atom is -0.481 e. The first kappa shape index (κ1) is 19.2. The molecule has 21 heavy (non-hydrogen) atoms. The van der Waals surface area contributed by atoms with Gasteiger partial charge in [-0.3, -0.25) is 9.59 Å². The Labute approximate surface area is 126 Å². The minimum absolute atomic E-state index is 0.0963. The van der Waals surface area contributed by atoms with Crippen molar-refractivity contribution in [2.75, 3.05) is 19.6 Å². The van der Waals surface area contributed by atoms with Gasteiger partial charge in [-0.15, -0.1) is 0 Å². The summed E-state index contributed by atoms with van der Waals surface area (Å²) < 4.78 is 0. The Balaban J connectivity index is 5.07. The number of urea groups is 1. The average Bonchev–Trinajstić information content (AvgIpc) is 2.31. The van der Waals surface area contributed by atoms with E-state index in [9.17, 15) is 14.4 Å². The Morgan fingerprint density at radius 1 is 1.14 bits per heavy atom. The van der Waals surface area contributed by atoms with Gasteiger partial charge in [0.15, 0.2) is 0 Å². The second kappa shape index (κ2) is 8.49. The standard InChI is InChI=1S/C14H27N3O4/c1-5-6-8-16(10-11(15)18)13(21)17(14(2,3)4)9-7-12(19)20/h5-10H2,1-4H3,(H2,15,18)(H,19,20). The van der Waals surface area contributed by atoms with E-state index in [2.05, 4.69) is 0 Å². The fraction of sp³-hybridized carbons (Fsp3) is 0.786. The first-order valence-electron chi connectivity index (χ1n) is 7.16. The van der Waals surface area contributed by atoms with E-state index in [1.54, 1.807) is 0 Å². The lowest BCUT2D eigenvalue weighted by molar-refractivity contribution is -0.137. The Hall–Kier alpha value is -1.79. The zero-order chi connectivity index (χ0) is 16.6. The summed E-state index contributed by atoms with van der Waals surface area (Å²) in [6, 6.07) is -0.351. The molecule has 0 bridgehead atoms. The molecule has 122 valence electrons. The van der Waals surface area contributed by atoms with Gasteiger partial charge in [-0.25, -0.2) is 4.79 Å². The van der Waals surface area contributed by atoms with Crippen LogP contribution in [0, 0.1) is 0 Å². The van der Waals surface area contributed by atoms with E-state index in [0.717, 1.165) is 12.8 Å². The Morgan fingerprint density at radius 3 is 2.10 bits per heavy atom. The molecule has 0 saturated heterocycles. The molecule has 0 rings (SSSR count). The third-order valence-corrected chi connectivity index (χ3v) is 2.99. The van der Waals surface area contributed by atoms with Crippen LogP contribution >= 0.6 is 0 Å². The molecule has 3 amide bonds. The highest BCUT2D eigenvalue weighted by Crippen LogP contribution is 2.17. The molecular formula is C14H27N3O4. The van der Waals surface area contributed by atoms with Gasteiger partial charge in [-0.2, -0.15) is 0 Å². The number of carbonyl (C=O) groups is 3. The normalized spacial score (nSPS) is 11.0. The van der Waals surface area contributed by atoms with Gasteiger partial charge in [0.25, 0.3) is 0 Å². The lowest BCUT2D eigenvalue weighted by Crippen LogP contribution is -2.54. The van der Waals surface area contributed by atoms with Crippen molar-refractivity contribution in [2.24, 2.45) is 5.73 Å². The topological polar surface area (TPSA) is 104 Å². The number of aliphatic carboxylic acids is 1. The average molecular weight is 301 g/mol. The number of carboxylic acid groups (broad SMARTS) is 1. The van der Waals surface area contributed by atoms with Gasteiger partial charge >= 0.3 is 12.0 Å². The second-order valence-corrected chi connectivity index (χ2v) is 5.99. The van der Waals surface area contributed by atoms with Crippen LogP contribution in [0.1, 0.15) is 47.0 Å². The Kier molecular flexibility index (Phi) is 7.76. The molecular weight excluding hydrogens is 274 g/mol. The molecule has 0 radical (unpaired) electrons. The molecule has 0 unspecified atom stereocenters. The molecule has 0 atom stereocenters. The van der Waals surface area contributed by atoms with E-state index in [1.807, 2.05) is 27.7 Å². The van der Waals surface area contributed by atoms with E-state index < -0.39 is 17.4 Å². The number of amides is 3. The molecule has 3 N–H and O–H groups in total. The van der Waals surface area contributed by atoms with Crippen molar-refractivity contribution in [3.63, 3.8) is 0 Å². The SMILES string of the molecule is CCCCN(CC(N)=O)C(=O)N(CCC(=O)O)C(C)(C)C. The summed E-state index contributed by atoms with van der Waals surface area (Å²) in [5.74, 6) is -1.54. The number of nitrogens with two attached hydrogens (primary N) is 1. The molecule has 0 aromatic rings. The van der Waals surface area contributed by atoms with E-state index >= 15 is 0 Å². The zero-order valence-corrected chi connectivity index (χ0v) is 13.4. The molecule has 7 heteroatoms. The molecule has 0 spiro atoms. The number of hydrogen-bond donors (Lipinski definition) is 2.